The zero-order chi connectivity index (χ0) is 20.8. The van der Waals surface area contributed by atoms with Crippen molar-refractivity contribution in [2.24, 2.45) is 0 Å². The molecular weight excluding hydrogens is 402 g/mol. The number of hydrogen-bond donors (Lipinski definition) is 2. The number of fused-ring (bicyclic) bond motifs is 2. The monoisotopic (exact) mass is 421 g/mol. The van der Waals surface area contributed by atoms with E-state index >= 15 is 0 Å². The molecule has 0 unspecified atom stereocenters. The van der Waals surface area contributed by atoms with E-state index in [4.69, 9.17) is 4.74 Å². The second-order valence-corrected chi connectivity index (χ2v) is 8.55. The van der Waals surface area contributed by atoms with Crippen molar-refractivity contribution in [3.8, 4) is 10.6 Å². The van der Waals surface area contributed by atoms with E-state index in [0.717, 1.165) is 16.1 Å². The Morgan fingerprint density at radius 1 is 1.13 bits per heavy atom. The van der Waals surface area contributed by atoms with E-state index in [1.54, 1.807) is 23.8 Å². The van der Waals surface area contributed by atoms with Crippen molar-refractivity contribution in [3.05, 3.63) is 65.3 Å². The highest BCUT2D eigenvalue weighted by Gasteiger charge is 2.53. The Kier molecular flexibility index (Phi) is 4.41. The normalized spacial score (nSPS) is 25.0. The lowest BCUT2D eigenvalue weighted by atomic mass is 9.73. The van der Waals surface area contributed by atoms with Gasteiger partial charge in [0, 0.05) is 28.9 Å². The number of ether oxygens (including phenoxy) is 1. The molecule has 1 fully saturated rings. The fourth-order valence-electron chi connectivity index (χ4n) is 4.17. The molecule has 30 heavy (non-hydrogen) atoms. The van der Waals surface area contributed by atoms with Crippen molar-refractivity contribution in [2.45, 2.75) is 36.9 Å². The Balaban J connectivity index is 1.29. The van der Waals surface area contributed by atoms with E-state index in [9.17, 15) is 14.7 Å². The number of pyridine rings is 1. The van der Waals surface area contributed by atoms with Gasteiger partial charge in [-0.2, -0.15) is 0 Å². The maximum Gasteiger partial charge on any atom is 0.339 e. The van der Waals surface area contributed by atoms with Gasteiger partial charge in [0.1, 0.15) is 22.0 Å². The van der Waals surface area contributed by atoms with Gasteiger partial charge in [0.25, 0.3) is 5.91 Å². The summed E-state index contributed by atoms with van der Waals surface area (Å²) in [4.78, 5) is 33.6. The first kappa shape index (κ1) is 18.9. The predicted octanol–water partition coefficient (Wildman–Crippen LogP) is 3.51. The summed E-state index contributed by atoms with van der Waals surface area (Å²) in [7, 11) is 0. The molecule has 1 spiro atoms. The van der Waals surface area contributed by atoms with Crippen molar-refractivity contribution < 1.29 is 19.4 Å². The van der Waals surface area contributed by atoms with Gasteiger partial charge in [-0.15, -0.1) is 11.3 Å². The molecule has 3 heterocycles. The number of amides is 1. The zero-order valence-electron chi connectivity index (χ0n) is 16.0. The van der Waals surface area contributed by atoms with Crippen LogP contribution < -0.4 is 5.32 Å². The number of nitrogens with zero attached hydrogens (tertiary/aromatic N) is 2. The minimum absolute atomic E-state index is 0.177. The van der Waals surface area contributed by atoms with Crippen LogP contribution in [0.1, 0.15) is 41.6 Å². The molecule has 3 aromatic rings. The van der Waals surface area contributed by atoms with Gasteiger partial charge in [-0.1, -0.05) is 30.3 Å². The Bertz CT molecular complexity index is 1120. The largest absolute Gasteiger partial charge is 0.450 e. The summed E-state index contributed by atoms with van der Waals surface area (Å²) in [5, 5.41) is 16.3. The molecule has 7 nitrogen and oxygen atoms in total. The lowest BCUT2D eigenvalue weighted by Crippen LogP contribution is -2.49. The van der Waals surface area contributed by atoms with Gasteiger partial charge in [-0.3, -0.25) is 9.78 Å². The van der Waals surface area contributed by atoms with Crippen LogP contribution in [0.4, 0.5) is 5.82 Å². The lowest BCUT2D eigenvalue weighted by Gasteiger charge is -2.40. The molecule has 2 aliphatic rings. The maximum absolute atomic E-state index is 12.8. The van der Waals surface area contributed by atoms with Gasteiger partial charge >= 0.3 is 5.97 Å². The van der Waals surface area contributed by atoms with Crippen LogP contribution in [0.25, 0.3) is 10.6 Å². The van der Waals surface area contributed by atoms with E-state index in [1.807, 2.05) is 30.3 Å². The average Bonchev–Trinajstić information content (AvgIpc) is 3.35. The van der Waals surface area contributed by atoms with Crippen LogP contribution in [0.3, 0.4) is 0 Å². The standard InChI is InChI=1S/C22H19N3O4S/c26-19-15-6-11-23-12-16(15)22(29-19)9-7-21(28,8-10-22)20(27)25-17-13-30-18(24-17)14-4-2-1-3-5-14/h1-6,11-13,28H,7-10H2,(H,25,27). The number of rotatable bonds is 3. The molecule has 1 amide bonds. The summed E-state index contributed by atoms with van der Waals surface area (Å²) < 4.78 is 5.67. The van der Waals surface area contributed by atoms with E-state index < -0.39 is 17.1 Å². The molecule has 8 heteroatoms. The van der Waals surface area contributed by atoms with Crippen LogP contribution in [0.5, 0.6) is 0 Å². The molecule has 2 N–H and O–H groups in total. The third-order valence-electron chi connectivity index (χ3n) is 5.89. The Hall–Kier alpha value is -3.10. The number of anilines is 1. The number of hydrogen-bond acceptors (Lipinski definition) is 7. The number of esters is 1. The van der Waals surface area contributed by atoms with Crippen molar-refractivity contribution in [2.75, 3.05) is 5.32 Å². The van der Waals surface area contributed by atoms with Crippen LogP contribution in [0, 0.1) is 0 Å². The van der Waals surface area contributed by atoms with Gasteiger partial charge < -0.3 is 15.2 Å². The van der Waals surface area contributed by atoms with Crippen molar-refractivity contribution >= 4 is 29.0 Å². The number of thiazole rings is 1. The molecular formula is C22H19N3O4S. The highest BCUT2D eigenvalue weighted by Crippen LogP contribution is 2.49. The number of benzene rings is 1. The molecule has 0 atom stereocenters. The van der Waals surface area contributed by atoms with E-state index in [0.29, 0.717) is 24.2 Å². The molecule has 1 aliphatic carbocycles. The number of carbonyl (C=O) groups excluding carboxylic acids is 2. The summed E-state index contributed by atoms with van der Waals surface area (Å²) in [5.74, 6) is -0.449. The van der Waals surface area contributed by atoms with E-state index in [1.165, 1.54) is 11.3 Å². The van der Waals surface area contributed by atoms with Gasteiger partial charge in [-0.05, 0) is 31.7 Å². The summed E-state index contributed by atoms with van der Waals surface area (Å²) in [6, 6.07) is 11.3. The van der Waals surface area contributed by atoms with Crippen LogP contribution in [-0.4, -0.2) is 32.6 Å². The highest BCUT2D eigenvalue weighted by molar-refractivity contribution is 7.13. The SMILES string of the molecule is O=C1OC2(CCC(O)(C(=O)Nc3csc(-c4ccccc4)n3)CC2)c2cnccc21. The first-order valence-corrected chi connectivity index (χ1v) is 10.6. The Morgan fingerprint density at radius 3 is 2.67 bits per heavy atom. The first-order valence-electron chi connectivity index (χ1n) is 9.72. The van der Waals surface area contributed by atoms with Crippen LogP contribution >= 0.6 is 11.3 Å². The van der Waals surface area contributed by atoms with E-state index in [-0.39, 0.29) is 18.8 Å². The molecule has 1 aromatic carbocycles. The molecule has 1 aliphatic heterocycles. The van der Waals surface area contributed by atoms with Gasteiger partial charge in [0.05, 0.1) is 5.56 Å². The van der Waals surface area contributed by atoms with Crippen LogP contribution in [-0.2, 0) is 15.1 Å². The van der Waals surface area contributed by atoms with Crippen LogP contribution in [0.15, 0.2) is 54.2 Å². The molecule has 1 saturated carbocycles. The third-order valence-corrected chi connectivity index (χ3v) is 6.79. The quantitative estimate of drug-likeness (QED) is 0.628. The molecule has 5 rings (SSSR count). The van der Waals surface area contributed by atoms with Gasteiger partial charge in [0.2, 0.25) is 0 Å². The summed E-state index contributed by atoms with van der Waals surface area (Å²) in [6.07, 6.45) is 4.27. The second-order valence-electron chi connectivity index (χ2n) is 7.69. The van der Waals surface area contributed by atoms with Crippen LogP contribution in [0.2, 0.25) is 0 Å². The van der Waals surface area contributed by atoms with Crippen molar-refractivity contribution in [3.63, 3.8) is 0 Å². The molecule has 0 saturated heterocycles. The minimum atomic E-state index is -1.54. The smallest absolute Gasteiger partial charge is 0.339 e. The first-order chi connectivity index (χ1) is 14.5. The zero-order valence-corrected chi connectivity index (χ0v) is 16.8. The molecule has 0 bridgehead atoms. The van der Waals surface area contributed by atoms with Gasteiger partial charge in [0.15, 0.2) is 0 Å². The number of carbonyl (C=O) groups is 2. The Morgan fingerprint density at radius 2 is 1.90 bits per heavy atom. The fraction of sp³-hybridized carbons (Fsp3) is 0.273. The summed E-state index contributed by atoms with van der Waals surface area (Å²) in [5.41, 5.74) is -0.134. The predicted molar refractivity (Wildman–Crippen MR) is 111 cm³/mol. The number of aliphatic hydroxyl groups is 1. The lowest BCUT2D eigenvalue weighted by molar-refractivity contribution is -0.144. The average molecular weight is 421 g/mol. The molecule has 152 valence electrons. The van der Waals surface area contributed by atoms with Crippen molar-refractivity contribution in [1.29, 1.82) is 0 Å². The minimum Gasteiger partial charge on any atom is -0.450 e. The number of nitrogens with one attached hydrogen (secondary N) is 1. The topological polar surface area (TPSA) is 101 Å². The molecule has 2 aromatic heterocycles. The maximum atomic E-state index is 12.8. The second kappa shape index (κ2) is 7.00. The molecule has 0 radical (unpaired) electrons. The fourth-order valence-corrected chi connectivity index (χ4v) is 4.92. The van der Waals surface area contributed by atoms with Gasteiger partial charge in [-0.25, -0.2) is 9.78 Å². The summed E-state index contributed by atoms with van der Waals surface area (Å²) in [6.45, 7) is 0. The summed E-state index contributed by atoms with van der Waals surface area (Å²) >= 11 is 1.43. The third kappa shape index (κ3) is 3.09. The number of aromatic nitrogens is 2. The van der Waals surface area contributed by atoms with E-state index in [2.05, 4.69) is 15.3 Å². The Labute approximate surface area is 176 Å². The van der Waals surface area contributed by atoms with Crippen molar-refractivity contribution in [1.82, 2.24) is 9.97 Å². The highest BCUT2D eigenvalue weighted by atomic mass is 32.1.